The number of hydrogen-bond acceptors (Lipinski definition) is 3. The predicted molar refractivity (Wildman–Crippen MR) is 105 cm³/mol. The Morgan fingerprint density at radius 2 is 1.55 bits per heavy atom. The van der Waals surface area contributed by atoms with E-state index in [1.807, 2.05) is 20.8 Å². The van der Waals surface area contributed by atoms with E-state index >= 15 is 0 Å². The molecule has 2 amide bonds. The van der Waals surface area contributed by atoms with Gasteiger partial charge in [0, 0.05) is 5.56 Å². The molecular weight excluding hydrogens is 416 g/mol. The third-order valence-electron chi connectivity index (χ3n) is 5.35. The first-order valence-corrected chi connectivity index (χ1v) is 9.52. The first-order chi connectivity index (χ1) is 14.2. The number of halogens is 4. The highest BCUT2D eigenvalue weighted by molar-refractivity contribution is 6.00. The summed E-state index contributed by atoms with van der Waals surface area (Å²) < 4.78 is 54.9. The number of carbonyl (C=O) groups excluding carboxylic acids is 2. The molecule has 0 spiro atoms. The number of benzene rings is 2. The number of rotatable bonds is 3. The lowest BCUT2D eigenvalue weighted by Crippen LogP contribution is -2.72. The zero-order valence-electron chi connectivity index (χ0n) is 17.0. The molecule has 1 saturated heterocycles. The van der Waals surface area contributed by atoms with Gasteiger partial charge in [0.15, 0.2) is 5.78 Å². The minimum Gasteiger partial charge on any atom is -0.363 e. The van der Waals surface area contributed by atoms with Crippen molar-refractivity contribution in [1.29, 1.82) is 0 Å². The van der Waals surface area contributed by atoms with Gasteiger partial charge in [-0.3, -0.25) is 4.79 Å². The third kappa shape index (κ3) is 4.27. The normalized spacial score (nSPS) is 24.3. The molecule has 31 heavy (non-hydrogen) atoms. The SMILES string of the molecule is CC(C)(C)c1ccc([C@H]2NC(=O)N[C@](O)(C(F)(F)F)[C@@H]2C(=O)c2ccc(F)cc2)cc1. The number of Topliss-reactive ketones (excluding diaryl/α,β-unsaturated/α-hetero) is 1. The fourth-order valence-electron chi connectivity index (χ4n) is 3.60. The summed E-state index contributed by atoms with van der Waals surface area (Å²) in [5, 5.41) is 14.3. The quantitative estimate of drug-likeness (QED) is 0.496. The molecular formula is C22H22F4N2O3. The van der Waals surface area contributed by atoms with Gasteiger partial charge >= 0.3 is 12.2 Å². The molecule has 3 atom stereocenters. The van der Waals surface area contributed by atoms with Crippen LogP contribution in [0.3, 0.4) is 0 Å². The van der Waals surface area contributed by atoms with Crippen LogP contribution in [-0.2, 0) is 5.41 Å². The summed E-state index contributed by atoms with van der Waals surface area (Å²) >= 11 is 0. The second-order valence-corrected chi connectivity index (χ2v) is 8.56. The van der Waals surface area contributed by atoms with Crippen molar-refractivity contribution < 1.29 is 32.3 Å². The minimum absolute atomic E-state index is 0.214. The Morgan fingerprint density at radius 1 is 1.00 bits per heavy atom. The third-order valence-corrected chi connectivity index (χ3v) is 5.35. The van der Waals surface area contributed by atoms with E-state index in [-0.39, 0.29) is 16.5 Å². The van der Waals surface area contributed by atoms with Crippen molar-refractivity contribution in [2.45, 2.75) is 44.1 Å². The monoisotopic (exact) mass is 438 g/mol. The van der Waals surface area contributed by atoms with Gasteiger partial charge in [-0.1, -0.05) is 45.0 Å². The van der Waals surface area contributed by atoms with Crippen molar-refractivity contribution in [2.75, 3.05) is 0 Å². The van der Waals surface area contributed by atoms with Crippen LogP contribution in [0.1, 0.15) is 48.3 Å². The van der Waals surface area contributed by atoms with E-state index in [4.69, 9.17) is 0 Å². The van der Waals surface area contributed by atoms with E-state index in [2.05, 4.69) is 5.32 Å². The van der Waals surface area contributed by atoms with Crippen molar-refractivity contribution in [3.8, 4) is 0 Å². The summed E-state index contributed by atoms with van der Waals surface area (Å²) in [6.45, 7) is 5.87. The zero-order valence-corrected chi connectivity index (χ0v) is 17.0. The van der Waals surface area contributed by atoms with E-state index in [9.17, 15) is 32.3 Å². The molecule has 1 heterocycles. The lowest BCUT2D eigenvalue weighted by Gasteiger charge is -2.45. The molecule has 2 aromatic rings. The molecule has 2 aromatic carbocycles. The highest BCUT2D eigenvalue weighted by Crippen LogP contribution is 2.44. The van der Waals surface area contributed by atoms with Crippen LogP contribution in [-0.4, -0.2) is 28.8 Å². The van der Waals surface area contributed by atoms with Gasteiger partial charge in [-0.25, -0.2) is 9.18 Å². The van der Waals surface area contributed by atoms with Crippen molar-refractivity contribution in [3.05, 3.63) is 71.0 Å². The second-order valence-electron chi connectivity index (χ2n) is 8.56. The smallest absolute Gasteiger partial charge is 0.363 e. The molecule has 9 heteroatoms. The van der Waals surface area contributed by atoms with Gasteiger partial charge in [0.1, 0.15) is 11.7 Å². The molecule has 3 N–H and O–H groups in total. The summed E-state index contributed by atoms with van der Waals surface area (Å²) in [6, 6.07) is 7.58. The van der Waals surface area contributed by atoms with Crippen LogP contribution in [0.15, 0.2) is 48.5 Å². The van der Waals surface area contributed by atoms with Crippen LogP contribution in [0.4, 0.5) is 22.4 Å². The Balaban J connectivity index is 2.13. The lowest BCUT2D eigenvalue weighted by molar-refractivity contribution is -0.287. The van der Waals surface area contributed by atoms with Gasteiger partial charge in [-0.05, 0) is 40.8 Å². The van der Waals surface area contributed by atoms with Gasteiger partial charge < -0.3 is 15.7 Å². The van der Waals surface area contributed by atoms with Crippen LogP contribution in [0.5, 0.6) is 0 Å². The minimum atomic E-state index is -5.35. The zero-order chi connectivity index (χ0) is 23.2. The van der Waals surface area contributed by atoms with Gasteiger partial charge in [-0.15, -0.1) is 0 Å². The average molecular weight is 438 g/mol. The Hall–Kier alpha value is -2.94. The first-order valence-electron chi connectivity index (χ1n) is 9.52. The molecule has 1 aliphatic rings. The number of alkyl halides is 3. The van der Waals surface area contributed by atoms with Crippen molar-refractivity contribution in [2.24, 2.45) is 5.92 Å². The Morgan fingerprint density at radius 3 is 2.03 bits per heavy atom. The molecule has 0 unspecified atom stereocenters. The highest BCUT2D eigenvalue weighted by Gasteiger charge is 2.66. The summed E-state index contributed by atoms with van der Waals surface area (Å²) in [6.07, 6.45) is -5.35. The largest absolute Gasteiger partial charge is 0.437 e. The maximum atomic E-state index is 13.9. The summed E-state index contributed by atoms with van der Waals surface area (Å²) in [5.41, 5.74) is -3.18. The van der Waals surface area contributed by atoms with E-state index in [1.165, 1.54) is 17.4 Å². The summed E-state index contributed by atoms with van der Waals surface area (Å²) in [4.78, 5) is 25.2. The number of urea groups is 1. The molecule has 0 saturated carbocycles. The topological polar surface area (TPSA) is 78.4 Å². The number of hydrogen-bond donors (Lipinski definition) is 3. The fourth-order valence-corrected chi connectivity index (χ4v) is 3.60. The van der Waals surface area contributed by atoms with Crippen LogP contribution in [0, 0.1) is 11.7 Å². The fraction of sp³-hybridized carbons (Fsp3) is 0.364. The van der Waals surface area contributed by atoms with Crippen molar-refractivity contribution in [1.82, 2.24) is 10.6 Å². The molecule has 0 radical (unpaired) electrons. The maximum absolute atomic E-state index is 13.9. The standard InChI is InChI=1S/C22H22F4N2O3/c1-20(2,3)14-8-4-12(5-9-14)17-16(18(29)13-6-10-15(23)11-7-13)21(31,22(24,25)26)28-19(30)27-17/h4-11,16-17,31H,1-3H3,(H2,27,28,30)/t16-,17+,21+/m0/s1. The Bertz CT molecular complexity index is 982. The van der Waals surface area contributed by atoms with Gasteiger partial charge in [0.2, 0.25) is 5.72 Å². The molecule has 0 aliphatic carbocycles. The maximum Gasteiger partial charge on any atom is 0.437 e. The Kier molecular flexibility index (Phi) is 5.60. The van der Waals surface area contributed by atoms with Crippen molar-refractivity contribution >= 4 is 11.8 Å². The summed E-state index contributed by atoms with van der Waals surface area (Å²) in [7, 11) is 0. The highest BCUT2D eigenvalue weighted by atomic mass is 19.4. The van der Waals surface area contributed by atoms with E-state index < -0.39 is 41.5 Å². The first kappa shape index (κ1) is 22.7. The molecule has 1 fully saturated rings. The molecule has 0 bridgehead atoms. The average Bonchev–Trinajstić information content (AvgIpc) is 2.66. The van der Waals surface area contributed by atoms with Crippen molar-refractivity contribution in [3.63, 3.8) is 0 Å². The van der Waals surface area contributed by atoms with E-state index in [0.29, 0.717) is 0 Å². The number of aliphatic hydroxyl groups is 1. The van der Waals surface area contributed by atoms with Crippen LogP contribution >= 0.6 is 0 Å². The number of ketones is 1. The van der Waals surface area contributed by atoms with Crippen LogP contribution < -0.4 is 10.6 Å². The number of amides is 2. The van der Waals surface area contributed by atoms with E-state index in [1.54, 1.807) is 12.1 Å². The molecule has 1 aliphatic heterocycles. The van der Waals surface area contributed by atoms with Gasteiger partial charge in [-0.2, -0.15) is 13.2 Å². The molecule has 0 aromatic heterocycles. The van der Waals surface area contributed by atoms with Gasteiger partial charge in [0.05, 0.1) is 6.04 Å². The predicted octanol–water partition coefficient (Wildman–Crippen LogP) is 4.23. The second kappa shape index (κ2) is 7.64. The van der Waals surface area contributed by atoms with Crippen LogP contribution in [0.2, 0.25) is 0 Å². The molecule has 3 rings (SSSR count). The lowest BCUT2D eigenvalue weighted by atomic mass is 9.76. The molecule has 5 nitrogen and oxygen atoms in total. The number of nitrogens with one attached hydrogen (secondary N) is 2. The number of carbonyl (C=O) groups is 2. The van der Waals surface area contributed by atoms with E-state index in [0.717, 1.165) is 29.8 Å². The Labute approximate surface area is 176 Å². The summed E-state index contributed by atoms with van der Waals surface area (Å²) in [5.74, 6) is -3.93. The van der Waals surface area contributed by atoms with Crippen LogP contribution in [0.25, 0.3) is 0 Å². The molecule has 166 valence electrons. The van der Waals surface area contributed by atoms with Gasteiger partial charge in [0.25, 0.3) is 0 Å².